The van der Waals surface area contributed by atoms with Gasteiger partial charge in [-0.15, -0.1) is 45.3 Å². The predicted molar refractivity (Wildman–Crippen MR) is 403 cm³/mol. The van der Waals surface area contributed by atoms with Crippen molar-refractivity contribution in [3.63, 3.8) is 0 Å². The Morgan fingerprint density at radius 2 is 0.943 bits per heavy atom. The fraction of sp³-hybridized carbons (Fsp3) is 0.304. The molecule has 15 rings (SSSR count). The first-order chi connectivity index (χ1) is 50.8. The number of aromatic nitrogens is 12. The number of urea groups is 2. The number of imidazole rings is 2. The molecule has 3 fully saturated rings. The molecule has 36 heteroatoms. The van der Waals surface area contributed by atoms with E-state index in [0.717, 1.165) is 69.4 Å². The molecule has 4 aromatic carbocycles. The van der Waals surface area contributed by atoms with E-state index in [1.165, 1.54) is 53.8 Å². The Bertz CT molecular complexity index is 4750. The van der Waals surface area contributed by atoms with Crippen LogP contribution in [0.4, 0.5) is 44.0 Å². The van der Waals surface area contributed by atoms with E-state index in [4.69, 9.17) is 36.1 Å². The van der Waals surface area contributed by atoms with Gasteiger partial charge in [-0.05, 0) is 102 Å². The first kappa shape index (κ1) is 74.2. The minimum Gasteiger partial charge on any atom is -0.399 e. The van der Waals surface area contributed by atoms with Gasteiger partial charge >= 0.3 is 12.1 Å². The number of thiazole rings is 4. The molecular formula is C69H76N22O10S4. The molecule has 0 unspecified atom stereocenters. The van der Waals surface area contributed by atoms with Gasteiger partial charge in [-0.25, -0.2) is 59.4 Å². The lowest BCUT2D eigenvalue weighted by atomic mass is 10.1. The number of carbonyl (C=O) groups excluding carboxylic acids is 2. The van der Waals surface area contributed by atoms with Gasteiger partial charge in [0.25, 0.3) is 5.69 Å². The van der Waals surface area contributed by atoms with Gasteiger partial charge < -0.3 is 77.4 Å². The van der Waals surface area contributed by atoms with E-state index in [1.54, 1.807) is 62.2 Å². The molecule has 4 amide bonds. The van der Waals surface area contributed by atoms with Gasteiger partial charge in [0.1, 0.15) is 60.3 Å². The van der Waals surface area contributed by atoms with Crippen LogP contribution in [0.25, 0.3) is 67.4 Å². The third kappa shape index (κ3) is 18.9. The topological polar surface area (TPSA) is 426 Å². The number of rotatable bonds is 21. The number of non-ortho nitro benzene ring substituents is 1. The number of nitrogens with zero attached hydrogens (tertiary/aromatic N) is 15. The predicted octanol–water partition coefficient (Wildman–Crippen LogP) is 9.50. The number of nitrogen functional groups attached to an aromatic ring is 3. The van der Waals surface area contributed by atoms with Crippen molar-refractivity contribution in [3.05, 3.63) is 176 Å². The first-order valence-corrected chi connectivity index (χ1v) is 36.8. The maximum atomic E-state index is 12.4. The lowest BCUT2D eigenvalue weighted by Crippen LogP contribution is -2.39. The Morgan fingerprint density at radius 1 is 0.543 bits per heavy atom. The van der Waals surface area contributed by atoms with Crippen LogP contribution in [0.15, 0.2) is 166 Å². The highest BCUT2D eigenvalue weighted by Gasteiger charge is 2.56. The maximum Gasteiger partial charge on any atom is 0.319 e. The van der Waals surface area contributed by atoms with E-state index in [9.17, 15) is 29.9 Å². The van der Waals surface area contributed by atoms with Crippen LogP contribution in [0.1, 0.15) is 39.1 Å². The highest BCUT2D eigenvalue weighted by molar-refractivity contribution is 7.08. The molecule has 11 heterocycles. The summed E-state index contributed by atoms with van der Waals surface area (Å²) in [6.45, 7) is 7.22. The van der Waals surface area contributed by atoms with E-state index in [1.807, 2.05) is 137 Å². The lowest BCUT2D eigenvalue weighted by Gasteiger charge is -2.27. The van der Waals surface area contributed by atoms with Gasteiger partial charge in [0.2, 0.25) is 0 Å². The molecule has 0 bridgehead atoms. The standard InChI is InChI=1S/C27H33N9O4S.C24H29N9O4S.C9H6N2O2S.C9H8N2S/c1-27(2)39-21-19(38-25(22(21)40-27)36-14-32-20-23(28)30-13-31-24(20)36)11-35(3)10-4-9-29-26(37)34-17-7-5-16(6-8-17)18-12-41-15-33-18;1-32(8-2-7-26-24(36)31-15-5-3-14(4-6-15)16-10-38-13-30-16)9-17-19(34)20(35)23(37-17)33-12-29-18-21(25)27-11-28-22(18)33;12-11(13)8-3-1-7(2-4-8)9-5-14-6-10-9;10-8-3-1-7(2-4-8)9-5-12-6-11-9/h5-8,12-15,19,21-22,25H,4,9-11H2,1-3H3,(H2,28,30,31)(H2,29,34,37);3-6,10-13,17,19-20,23,34-35H,2,7-9H2,1H3,(H2,25,27,28)(H2,26,31,36);1-6H;1-6H,10H2/t19-,21-,22-,25-;17-,19-,20-,23-;;/m11../s1. The summed E-state index contributed by atoms with van der Waals surface area (Å²) in [5.41, 5.74) is 36.5. The Kier molecular flexibility index (Phi) is 24.3. The second-order valence-corrected chi connectivity index (χ2v) is 27.8. The van der Waals surface area contributed by atoms with Gasteiger partial charge in [-0.3, -0.25) is 19.2 Å². The summed E-state index contributed by atoms with van der Waals surface area (Å²) in [7, 11) is 3.91. The SMILES string of the molecule is CN(CCCNC(=O)Nc1ccc(-c2cscn2)cc1)C[C@H]1O[C@@H](n2cnc3c(N)ncnc32)[C@@H]2OC(C)(C)O[C@@H]21.CN(CCCNC(=O)Nc1ccc(-c2cscn2)cc1)C[C@H]1O[C@@H](n2cnc3c(N)ncnc32)[C@H](O)[C@@H]1O.Nc1ccc(-c2cscn2)cc1.O=[N+]([O-])c1ccc(-c2cscn2)cc1. The molecule has 8 aromatic heterocycles. The van der Waals surface area contributed by atoms with E-state index < -0.39 is 41.5 Å². The normalized spacial score (nSPS) is 19.2. The Labute approximate surface area is 617 Å². The van der Waals surface area contributed by atoms with E-state index in [2.05, 4.69) is 76.0 Å². The lowest BCUT2D eigenvalue weighted by molar-refractivity contribution is -0.384. The minimum absolute atomic E-state index is 0.101. The van der Waals surface area contributed by atoms with Crippen molar-refractivity contribution in [2.24, 2.45) is 0 Å². The minimum atomic E-state index is -1.16. The molecule has 3 aliphatic rings. The fourth-order valence-electron chi connectivity index (χ4n) is 11.8. The summed E-state index contributed by atoms with van der Waals surface area (Å²) < 4.78 is 28.4. The van der Waals surface area contributed by atoms with Crippen molar-refractivity contribution in [1.82, 2.24) is 79.4 Å². The molecule has 32 nitrogen and oxygen atoms in total. The zero-order chi connectivity index (χ0) is 73.6. The third-order valence-corrected chi connectivity index (χ3v) is 19.3. The summed E-state index contributed by atoms with van der Waals surface area (Å²) in [5, 5.41) is 51.0. The van der Waals surface area contributed by atoms with Crippen molar-refractivity contribution in [2.75, 3.05) is 81.2 Å². The molecule has 0 radical (unpaired) electrons. The van der Waals surface area contributed by atoms with Gasteiger partial charge in [0.05, 0.1) is 62.4 Å². The number of ether oxygens (including phenoxy) is 4. The van der Waals surface area contributed by atoms with E-state index in [-0.39, 0.29) is 41.9 Å². The number of nitro benzene ring substituents is 1. The molecule has 0 spiro atoms. The highest BCUT2D eigenvalue weighted by atomic mass is 32.1. The smallest absolute Gasteiger partial charge is 0.319 e. The molecule has 546 valence electrons. The number of aliphatic hydroxyl groups is 2. The molecule has 105 heavy (non-hydrogen) atoms. The summed E-state index contributed by atoms with van der Waals surface area (Å²) in [6, 6.07) is 28.7. The summed E-state index contributed by atoms with van der Waals surface area (Å²) in [5.74, 6) is -0.197. The van der Waals surface area contributed by atoms with Crippen molar-refractivity contribution < 1.29 is 43.7 Å². The molecule has 12 N–H and O–H groups in total. The van der Waals surface area contributed by atoms with Crippen LogP contribution in [0.2, 0.25) is 0 Å². The average Bonchev–Trinajstić information content (AvgIpc) is 1.59. The van der Waals surface area contributed by atoms with Crippen LogP contribution in [0.3, 0.4) is 0 Å². The molecule has 12 aromatic rings. The Balaban J connectivity index is 0.000000147. The van der Waals surface area contributed by atoms with Crippen molar-refractivity contribution in [3.8, 4) is 45.0 Å². The van der Waals surface area contributed by atoms with Gasteiger partial charge in [0.15, 0.2) is 41.2 Å². The summed E-state index contributed by atoms with van der Waals surface area (Å²) >= 11 is 6.18. The molecule has 8 atom stereocenters. The fourth-order valence-corrected chi connectivity index (χ4v) is 14.0. The number of benzene rings is 4. The Morgan fingerprint density at radius 3 is 1.37 bits per heavy atom. The first-order valence-electron chi connectivity index (χ1n) is 33.0. The highest BCUT2D eigenvalue weighted by Crippen LogP contribution is 2.44. The number of hydrogen-bond donors (Lipinski definition) is 9. The van der Waals surface area contributed by atoms with Gasteiger partial charge in [0, 0.05) is 99.1 Å². The third-order valence-electron chi connectivity index (χ3n) is 17.0. The molecular weight excluding hydrogens is 1430 g/mol. The second kappa shape index (κ2) is 34.4. The number of nitrogens with two attached hydrogens (primary N) is 3. The zero-order valence-corrected chi connectivity index (χ0v) is 60.4. The summed E-state index contributed by atoms with van der Waals surface area (Å²) in [6.07, 6.45) is 2.25. The number of likely N-dealkylation sites (N-methyl/N-ethyl adjacent to an activating group) is 2. The maximum absolute atomic E-state index is 12.4. The molecule has 3 aliphatic heterocycles. The van der Waals surface area contributed by atoms with Crippen molar-refractivity contribution >= 4 is 114 Å². The van der Waals surface area contributed by atoms with Crippen molar-refractivity contribution in [2.45, 2.75) is 81.6 Å². The largest absolute Gasteiger partial charge is 0.399 e. The number of anilines is 5. The average molecular weight is 1500 g/mol. The number of amides is 4. The van der Waals surface area contributed by atoms with Gasteiger partial charge in [-0.2, -0.15) is 0 Å². The monoisotopic (exact) mass is 1500 g/mol. The molecule has 0 saturated carbocycles. The van der Waals surface area contributed by atoms with Crippen molar-refractivity contribution in [1.29, 1.82) is 0 Å². The summed E-state index contributed by atoms with van der Waals surface area (Å²) in [4.78, 5) is 80.7. The quantitative estimate of drug-likeness (QED) is 0.0140. The number of hydrogen-bond acceptors (Lipinski definition) is 29. The molecule has 3 saturated heterocycles. The number of carbonyl (C=O) groups is 2. The number of nitro groups is 1. The van der Waals surface area contributed by atoms with Crippen LogP contribution >= 0.6 is 45.3 Å². The number of aliphatic hydroxyl groups excluding tert-OH is 2. The van der Waals surface area contributed by atoms with E-state index in [0.29, 0.717) is 73.0 Å². The number of nitrogens with one attached hydrogen (secondary N) is 4. The van der Waals surface area contributed by atoms with Gasteiger partial charge in [-0.1, -0.05) is 36.4 Å². The van der Waals surface area contributed by atoms with Crippen LogP contribution in [0.5, 0.6) is 0 Å². The van der Waals surface area contributed by atoms with Crippen LogP contribution < -0.4 is 38.5 Å². The number of fused-ring (bicyclic) bond motifs is 3. The Hall–Kier alpha value is -10.5. The zero-order valence-electron chi connectivity index (χ0n) is 57.2. The molecule has 0 aliphatic carbocycles. The van der Waals surface area contributed by atoms with Crippen LogP contribution in [-0.4, -0.2) is 192 Å². The second-order valence-electron chi connectivity index (χ2n) is 24.9. The van der Waals surface area contributed by atoms with Crippen LogP contribution in [-0.2, 0) is 18.9 Å². The van der Waals surface area contributed by atoms with Crippen LogP contribution in [0, 0.1) is 10.1 Å². The van der Waals surface area contributed by atoms with E-state index >= 15 is 0 Å².